The third kappa shape index (κ3) is 1.46. The summed E-state index contributed by atoms with van der Waals surface area (Å²) in [7, 11) is 0. The molecule has 1 spiro atoms. The van der Waals surface area contributed by atoms with E-state index in [1.807, 2.05) is 13.8 Å². The van der Waals surface area contributed by atoms with Crippen molar-refractivity contribution in [3.63, 3.8) is 0 Å². The number of ether oxygens (including phenoxy) is 2. The fourth-order valence-electron chi connectivity index (χ4n) is 4.76. The minimum absolute atomic E-state index is 0.123. The molecule has 0 aromatic carbocycles. The molecule has 7 atom stereocenters. The van der Waals surface area contributed by atoms with Crippen molar-refractivity contribution in [2.45, 2.75) is 64.1 Å². The highest BCUT2D eigenvalue weighted by atomic mass is 17.3. The fourth-order valence-corrected chi connectivity index (χ4v) is 4.76. The molecule has 1 aliphatic carbocycles. The zero-order chi connectivity index (χ0) is 14.1. The lowest BCUT2D eigenvalue weighted by Gasteiger charge is -2.57. The Morgan fingerprint density at radius 3 is 2.70 bits per heavy atom. The zero-order valence-electron chi connectivity index (χ0n) is 12.3. The van der Waals surface area contributed by atoms with Crippen LogP contribution in [-0.4, -0.2) is 23.6 Å². The molecule has 0 aromatic rings. The normalized spacial score (nSPS) is 57.8. The quantitative estimate of drug-likeness (QED) is 0.504. The third-order valence-electron chi connectivity index (χ3n) is 5.97. The molecule has 4 heterocycles. The van der Waals surface area contributed by atoms with E-state index in [2.05, 4.69) is 6.92 Å². The first-order valence-corrected chi connectivity index (χ1v) is 7.71. The van der Waals surface area contributed by atoms with Crippen LogP contribution in [-0.2, 0) is 24.0 Å². The molecule has 5 heteroatoms. The topological polar surface area (TPSA) is 54.0 Å². The summed E-state index contributed by atoms with van der Waals surface area (Å²) >= 11 is 0. The van der Waals surface area contributed by atoms with Crippen molar-refractivity contribution in [2.75, 3.05) is 0 Å². The van der Waals surface area contributed by atoms with Gasteiger partial charge >= 0.3 is 5.97 Å². The van der Waals surface area contributed by atoms with Crippen LogP contribution in [0.15, 0.2) is 0 Å². The smallest absolute Gasteiger partial charge is 0.311 e. The summed E-state index contributed by atoms with van der Waals surface area (Å²) in [6.45, 7) is 6.06. The van der Waals surface area contributed by atoms with Gasteiger partial charge in [0.15, 0.2) is 5.60 Å². The summed E-state index contributed by atoms with van der Waals surface area (Å²) < 4.78 is 11.6. The van der Waals surface area contributed by atoms with Gasteiger partial charge in [-0.05, 0) is 32.1 Å². The summed E-state index contributed by atoms with van der Waals surface area (Å²) in [5.41, 5.74) is -0.610. The van der Waals surface area contributed by atoms with E-state index in [0.717, 1.165) is 25.7 Å². The van der Waals surface area contributed by atoms with E-state index in [0.29, 0.717) is 11.8 Å². The summed E-state index contributed by atoms with van der Waals surface area (Å²) in [5.74, 6) is -0.137. The Labute approximate surface area is 118 Å². The molecule has 5 aliphatic rings. The average molecular weight is 282 g/mol. The van der Waals surface area contributed by atoms with Gasteiger partial charge in [0.1, 0.15) is 0 Å². The van der Waals surface area contributed by atoms with Crippen LogP contribution in [0.3, 0.4) is 0 Å². The van der Waals surface area contributed by atoms with Gasteiger partial charge in [-0.1, -0.05) is 13.8 Å². The zero-order valence-corrected chi connectivity index (χ0v) is 12.3. The molecule has 0 N–H and O–H groups in total. The molecule has 112 valence electrons. The molecular formula is C15H22O5. The van der Waals surface area contributed by atoms with Crippen molar-refractivity contribution in [3.8, 4) is 0 Å². The first kappa shape index (κ1) is 13.0. The number of rotatable bonds is 0. The molecular weight excluding hydrogens is 260 g/mol. The number of carbonyl (C=O) groups is 1. The standard InChI is InChI=1S/C15H22O5/c1-8-4-5-11-9(2)12(16)17-13-15(11)10(8)6-7-14(3,18-13)19-20-15/h8-11,13H,4-7H2,1-3H3/t8-,9-,10+,11+,13?,14+,15?/m1/s1. The van der Waals surface area contributed by atoms with E-state index in [1.165, 1.54) is 0 Å². The summed E-state index contributed by atoms with van der Waals surface area (Å²) in [4.78, 5) is 23.7. The van der Waals surface area contributed by atoms with Gasteiger partial charge in [-0.2, -0.15) is 0 Å². The second-order valence-corrected chi connectivity index (χ2v) is 7.14. The van der Waals surface area contributed by atoms with Gasteiger partial charge in [0, 0.05) is 18.3 Å². The van der Waals surface area contributed by atoms with Gasteiger partial charge in [-0.15, -0.1) is 0 Å². The molecule has 4 aliphatic heterocycles. The minimum Gasteiger partial charge on any atom is -0.432 e. The molecule has 2 bridgehead atoms. The van der Waals surface area contributed by atoms with Gasteiger partial charge in [0.05, 0.1) is 5.92 Å². The second-order valence-electron chi connectivity index (χ2n) is 7.14. The highest BCUT2D eigenvalue weighted by Gasteiger charge is 2.69. The van der Waals surface area contributed by atoms with Gasteiger partial charge in [0.2, 0.25) is 12.1 Å². The molecule has 20 heavy (non-hydrogen) atoms. The van der Waals surface area contributed by atoms with Gasteiger partial charge in [-0.3, -0.25) is 4.79 Å². The summed E-state index contributed by atoms with van der Waals surface area (Å²) in [5, 5.41) is 0. The number of hydrogen-bond donors (Lipinski definition) is 0. The van der Waals surface area contributed by atoms with E-state index in [-0.39, 0.29) is 17.8 Å². The van der Waals surface area contributed by atoms with Crippen LogP contribution in [0.5, 0.6) is 0 Å². The van der Waals surface area contributed by atoms with Crippen molar-refractivity contribution in [2.24, 2.45) is 23.7 Å². The van der Waals surface area contributed by atoms with Crippen LogP contribution in [0.25, 0.3) is 0 Å². The molecule has 0 amide bonds. The summed E-state index contributed by atoms with van der Waals surface area (Å²) in [6.07, 6.45) is 3.24. The predicted octanol–water partition coefficient (Wildman–Crippen LogP) is 2.39. The van der Waals surface area contributed by atoms with Crippen molar-refractivity contribution in [3.05, 3.63) is 0 Å². The Kier molecular flexibility index (Phi) is 2.58. The third-order valence-corrected chi connectivity index (χ3v) is 5.97. The molecule has 5 fully saturated rings. The van der Waals surface area contributed by atoms with Gasteiger partial charge in [0.25, 0.3) is 0 Å². The average Bonchev–Trinajstić information content (AvgIpc) is 2.63. The lowest BCUT2D eigenvalue weighted by Crippen LogP contribution is -2.69. The van der Waals surface area contributed by atoms with Crippen molar-refractivity contribution >= 4 is 5.97 Å². The van der Waals surface area contributed by atoms with Crippen molar-refractivity contribution in [1.29, 1.82) is 0 Å². The molecule has 0 radical (unpaired) electrons. The monoisotopic (exact) mass is 282 g/mol. The van der Waals surface area contributed by atoms with E-state index in [9.17, 15) is 4.79 Å². The minimum atomic E-state index is -0.793. The number of carbonyl (C=O) groups excluding carboxylic acids is 1. The maximum atomic E-state index is 12.1. The van der Waals surface area contributed by atoms with E-state index >= 15 is 0 Å². The predicted molar refractivity (Wildman–Crippen MR) is 68.0 cm³/mol. The number of hydrogen-bond acceptors (Lipinski definition) is 5. The lowest BCUT2D eigenvalue weighted by atomic mass is 9.58. The van der Waals surface area contributed by atoms with Gasteiger partial charge < -0.3 is 9.47 Å². The lowest BCUT2D eigenvalue weighted by molar-refractivity contribution is -0.559. The molecule has 5 nitrogen and oxygen atoms in total. The largest absolute Gasteiger partial charge is 0.432 e. The maximum Gasteiger partial charge on any atom is 0.311 e. The van der Waals surface area contributed by atoms with Gasteiger partial charge in [-0.25, -0.2) is 9.78 Å². The first-order chi connectivity index (χ1) is 9.46. The van der Waals surface area contributed by atoms with Crippen LogP contribution >= 0.6 is 0 Å². The Balaban J connectivity index is 1.84. The Hall–Kier alpha value is -0.650. The molecule has 5 rings (SSSR count). The van der Waals surface area contributed by atoms with Crippen molar-refractivity contribution < 1.29 is 24.0 Å². The second kappa shape index (κ2) is 3.96. The fraction of sp³-hybridized carbons (Fsp3) is 0.933. The highest BCUT2D eigenvalue weighted by Crippen LogP contribution is 2.59. The van der Waals surface area contributed by atoms with Crippen LogP contribution in [0.2, 0.25) is 0 Å². The van der Waals surface area contributed by atoms with Crippen LogP contribution in [0.4, 0.5) is 0 Å². The summed E-state index contributed by atoms with van der Waals surface area (Å²) in [6, 6.07) is 0. The van der Waals surface area contributed by atoms with E-state index < -0.39 is 17.7 Å². The Morgan fingerprint density at radius 2 is 1.90 bits per heavy atom. The van der Waals surface area contributed by atoms with Crippen molar-refractivity contribution in [1.82, 2.24) is 0 Å². The van der Waals surface area contributed by atoms with Crippen LogP contribution in [0.1, 0.15) is 46.5 Å². The Morgan fingerprint density at radius 1 is 1.10 bits per heavy atom. The first-order valence-electron chi connectivity index (χ1n) is 7.71. The molecule has 0 aromatic heterocycles. The molecule has 1 saturated carbocycles. The highest BCUT2D eigenvalue weighted by molar-refractivity contribution is 5.74. The SMILES string of the molecule is C[C@@H]1CC[C@H]2[C@@H](C)C(=O)OC3O[C@]4(C)CC[C@@H]1C32OO4. The van der Waals surface area contributed by atoms with E-state index in [1.54, 1.807) is 0 Å². The number of fused-ring (bicyclic) bond motifs is 2. The molecule has 4 saturated heterocycles. The molecule has 2 unspecified atom stereocenters. The number of esters is 1. The Bertz CT molecular complexity index is 452. The van der Waals surface area contributed by atoms with E-state index in [4.69, 9.17) is 19.2 Å². The van der Waals surface area contributed by atoms with Crippen LogP contribution in [0, 0.1) is 23.7 Å². The van der Waals surface area contributed by atoms with Crippen LogP contribution < -0.4 is 0 Å². The maximum absolute atomic E-state index is 12.1.